The lowest BCUT2D eigenvalue weighted by Crippen LogP contribution is -2.13. The number of nitro benzene ring substituents is 1. The van der Waals surface area contributed by atoms with E-state index >= 15 is 0 Å². The maximum absolute atomic E-state index is 11.8. The number of aromatic nitrogens is 3. The first-order chi connectivity index (χ1) is 11.5. The van der Waals surface area contributed by atoms with E-state index in [1.54, 1.807) is 0 Å². The molecule has 0 saturated heterocycles. The molecule has 0 unspecified atom stereocenters. The molecule has 0 aliphatic heterocycles. The number of nitrogens with zero attached hydrogens (tertiary/aromatic N) is 4. The highest BCUT2D eigenvalue weighted by Gasteiger charge is 2.21. The Morgan fingerprint density at radius 3 is 2.75 bits per heavy atom. The average molecular weight is 351 g/mol. The molecule has 2 rings (SSSR count). The van der Waals surface area contributed by atoms with Crippen LogP contribution in [-0.2, 0) is 11.2 Å². The van der Waals surface area contributed by atoms with Crippen molar-refractivity contribution < 1.29 is 14.5 Å². The van der Waals surface area contributed by atoms with Gasteiger partial charge in [-0.2, -0.15) is 0 Å². The second kappa shape index (κ2) is 7.77. The average Bonchev–Trinajstić information content (AvgIpc) is 2.92. The topological polar surface area (TPSA) is 126 Å². The third kappa shape index (κ3) is 3.82. The summed E-state index contributed by atoms with van der Waals surface area (Å²) in [6.07, 6.45) is 1.27. The molecule has 1 heterocycles. The molecule has 128 valence electrons. The zero-order chi connectivity index (χ0) is 17.7. The van der Waals surface area contributed by atoms with Gasteiger partial charge in [-0.1, -0.05) is 13.8 Å². The van der Waals surface area contributed by atoms with E-state index in [4.69, 9.17) is 10.6 Å². The van der Waals surface area contributed by atoms with E-state index in [1.165, 1.54) is 22.9 Å². The number of rotatable bonds is 7. The molecule has 0 radical (unpaired) electrons. The first kappa shape index (κ1) is 17.7. The monoisotopic (exact) mass is 351 g/mol. The molecule has 0 spiro atoms. The number of nitrogen functional groups attached to an aromatic ring is 1. The van der Waals surface area contributed by atoms with Crippen LogP contribution in [0.3, 0.4) is 0 Å². The summed E-state index contributed by atoms with van der Waals surface area (Å²) in [5.74, 6) is 5.83. The van der Waals surface area contributed by atoms with Crippen LogP contribution in [0.1, 0.15) is 36.5 Å². The highest BCUT2D eigenvalue weighted by molar-refractivity contribution is 7.99. The molecule has 0 saturated carbocycles. The lowest BCUT2D eigenvalue weighted by molar-refractivity contribution is -0.387. The largest absolute Gasteiger partial charge is 0.462 e. The van der Waals surface area contributed by atoms with Crippen molar-refractivity contribution in [3.63, 3.8) is 0 Å². The minimum absolute atomic E-state index is 0.128. The molecule has 2 N–H and O–H groups in total. The SMILES string of the molecule is CCCOC(=O)c1ccc(Sc2nnc(CC)n2N)c([N+](=O)[O-])c1. The Balaban J connectivity index is 2.31. The first-order valence-electron chi connectivity index (χ1n) is 7.30. The highest BCUT2D eigenvalue weighted by Crippen LogP contribution is 2.34. The molecule has 10 heteroatoms. The van der Waals surface area contributed by atoms with Crippen molar-refractivity contribution in [1.29, 1.82) is 0 Å². The number of benzene rings is 1. The van der Waals surface area contributed by atoms with Crippen LogP contribution >= 0.6 is 11.8 Å². The molecule has 0 bridgehead atoms. The van der Waals surface area contributed by atoms with Crippen molar-refractivity contribution in [3.8, 4) is 0 Å². The van der Waals surface area contributed by atoms with E-state index in [1.807, 2.05) is 13.8 Å². The zero-order valence-corrected chi connectivity index (χ0v) is 14.1. The number of hydrogen-bond donors (Lipinski definition) is 1. The lowest BCUT2D eigenvalue weighted by Gasteiger charge is -2.06. The molecule has 0 aliphatic rings. The van der Waals surface area contributed by atoms with Gasteiger partial charge in [0.25, 0.3) is 5.69 Å². The summed E-state index contributed by atoms with van der Waals surface area (Å²) in [7, 11) is 0. The van der Waals surface area contributed by atoms with E-state index in [2.05, 4.69) is 10.2 Å². The van der Waals surface area contributed by atoms with Crippen molar-refractivity contribution in [2.75, 3.05) is 12.4 Å². The van der Waals surface area contributed by atoms with Crippen molar-refractivity contribution in [3.05, 3.63) is 39.7 Å². The fourth-order valence-corrected chi connectivity index (χ4v) is 2.72. The number of carbonyl (C=O) groups excluding carboxylic acids is 1. The van der Waals surface area contributed by atoms with Gasteiger partial charge >= 0.3 is 5.97 Å². The van der Waals surface area contributed by atoms with Crippen molar-refractivity contribution >= 4 is 23.4 Å². The van der Waals surface area contributed by atoms with Gasteiger partial charge in [-0.25, -0.2) is 9.47 Å². The Bertz CT molecular complexity index is 762. The van der Waals surface area contributed by atoms with Crippen LogP contribution in [-0.4, -0.2) is 32.4 Å². The molecule has 1 aromatic carbocycles. The smallest absolute Gasteiger partial charge is 0.338 e. The molecule has 0 fully saturated rings. The summed E-state index contributed by atoms with van der Waals surface area (Å²) in [6, 6.07) is 4.15. The summed E-state index contributed by atoms with van der Waals surface area (Å²) >= 11 is 1.01. The number of ether oxygens (including phenoxy) is 1. The molecular weight excluding hydrogens is 334 g/mol. The second-order valence-electron chi connectivity index (χ2n) is 4.80. The quantitative estimate of drug-likeness (QED) is 0.348. The van der Waals surface area contributed by atoms with E-state index < -0.39 is 10.9 Å². The van der Waals surface area contributed by atoms with Gasteiger partial charge in [0.2, 0.25) is 5.16 Å². The number of nitrogens with two attached hydrogens (primary N) is 1. The summed E-state index contributed by atoms with van der Waals surface area (Å²) in [5.41, 5.74) is -0.0880. The standard InChI is InChI=1S/C14H17N5O4S/c1-3-7-23-13(20)9-5-6-11(10(8-9)19(21)22)24-14-17-16-12(4-2)18(14)15/h5-6,8H,3-4,7,15H2,1-2H3. The Labute approximate surface area is 142 Å². The van der Waals surface area contributed by atoms with E-state index in [0.29, 0.717) is 28.7 Å². The molecule has 0 amide bonds. The minimum atomic E-state index is -0.591. The van der Waals surface area contributed by atoms with Gasteiger partial charge in [0.1, 0.15) is 0 Å². The molecule has 0 atom stereocenters. The summed E-state index contributed by atoms with van der Waals surface area (Å²) in [5, 5.41) is 19.5. The van der Waals surface area contributed by atoms with Gasteiger partial charge in [-0.15, -0.1) is 10.2 Å². The summed E-state index contributed by atoms with van der Waals surface area (Å²) in [6.45, 7) is 4.00. The van der Waals surface area contributed by atoms with Crippen molar-refractivity contribution in [2.45, 2.75) is 36.7 Å². The highest BCUT2D eigenvalue weighted by atomic mass is 32.2. The molecule has 2 aromatic rings. The molecule has 0 aliphatic carbocycles. The normalized spacial score (nSPS) is 10.6. The Morgan fingerprint density at radius 1 is 1.42 bits per heavy atom. The van der Waals surface area contributed by atoms with Crippen LogP contribution in [0.25, 0.3) is 0 Å². The molecular formula is C14H17N5O4S. The fraction of sp³-hybridized carbons (Fsp3) is 0.357. The third-order valence-corrected chi connectivity index (χ3v) is 4.11. The van der Waals surface area contributed by atoms with Gasteiger partial charge in [0.15, 0.2) is 5.82 Å². The van der Waals surface area contributed by atoms with Crippen LogP contribution in [0.5, 0.6) is 0 Å². The van der Waals surface area contributed by atoms with Gasteiger partial charge in [-0.3, -0.25) is 10.1 Å². The van der Waals surface area contributed by atoms with Gasteiger partial charge in [0, 0.05) is 12.5 Å². The summed E-state index contributed by atoms with van der Waals surface area (Å²) < 4.78 is 6.28. The van der Waals surface area contributed by atoms with Gasteiger partial charge < -0.3 is 10.6 Å². The first-order valence-corrected chi connectivity index (χ1v) is 8.12. The number of carbonyl (C=O) groups is 1. The third-order valence-electron chi connectivity index (χ3n) is 3.08. The molecule has 1 aromatic heterocycles. The Hall–Kier alpha value is -2.62. The Morgan fingerprint density at radius 2 is 2.17 bits per heavy atom. The molecule has 9 nitrogen and oxygen atoms in total. The van der Waals surface area contributed by atoms with Crippen LogP contribution in [0.4, 0.5) is 5.69 Å². The van der Waals surface area contributed by atoms with Crippen molar-refractivity contribution in [1.82, 2.24) is 14.9 Å². The van der Waals surface area contributed by atoms with Crippen molar-refractivity contribution in [2.24, 2.45) is 0 Å². The maximum atomic E-state index is 11.8. The van der Waals surface area contributed by atoms with Crippen LogP contribution < -0.4 is 5.84 Å². The fourth-order valence-electron chi connectivity index (χ4n) is 1.87. The van der Waals surface area contributed by atoms with Gasteiger partial charge in [-0.05, 0) is 30.3 Å². The number of hydrogen-bond acceptors (Lipinski definition) is 8. The number of nitro groups is 1. The van der Waals surface area contributed by atoms with Crippen LogP contribution in [0, 0.1) is 10.1 Å². The predicted molar refractivity (Wildman–Crippen MR) is 87.3 cm³/mol. The second-order valence-corrected chi connectivity index (χ2v) is 5.81. The van der Waals surface area contributed by atoms with Crippen LogP contribution in [0.15, 0.2) is 28.3 Å². The maximum Gasteiger partial charge on any atom is 0.338 e. The van der Waals surface area contributed by atoms with E-state index in [0.717, 1.165) is 11.8 Å². The van der Waals surface area contributed by atoms with Gasteiger partial charge in [0.05, 0.1) is 22.0 Å². The predicted octanol–water partition coefficient (Wildman–Crippen LogP) is 2.18. The molecule has 24 heavy (non-hydrogen) atoms. The van der Waals surface area contributed by atoms with E-state index in [9.17, 15) is 14.9 Å². The number of esters is 1. The van der Waals surface area contributed by atoms with E-state index in [-0.39, 0.29) is 17.9 Å². The van der Waals surface area contributed by atoms with Crippen LogP contribution in [0.2, 0.25) is 0 Å². The minimum Gasteiger partial charge on any atom is -0.462 e. The summed E-state index contributed by atoms with van der Waals surface area (Å²) in [4.78, 5) is 22.9. The zero-order valence-electron chi connectivity index (χ0n) is 13.3. The number of aryl methyl sites for hydroxylation is 1. The Kier molecular flexibility index (Phi) is 5.74. The lowest BCUT2D eigenvalue weighted by atomic mass is 10.2.